The molecule has 0 saturated carbocycles. The maximum atomic E-state index is 11.5. The fourth-order valence-corrected chi connectivity index (χ4v) is 2.85. The molecule has 1 aromatic rings. The second-order valence-corrected chi connectivity index (χ2v) is 4.83. The summed E-state index contributed by atoms with van der Waals surface area (Å²) in [6.07, 6.45) is 0. The topological polar surface area (TPSA) is 91.7 Å². The number of aliphatic carboxylic acids is 1. The van der Waals surface area contributed by atoms with Crippen LogP contribution in [-0.2, 0) is 14.6 Å². The number of sulfone groups is 1. The molecule has 2 N–H and O–H groups in total. The number of rotatable bonds is 1. The predicted molar refractivity (Wildman–Crippen MR) is 50.9 cm³/mol. The molecule has 0 fully saturated rings. The molecule has 0 radical (unpaired) electrons. The van der Waals surface area contributed by atoms with Crippen LogP contribution in [-0.4, -0.2) is 24.6 Å². The van der Waals surface area contributed by atoms with Crippen molar-refractivity contribution in [3.8, 4) is 5.75 Å². The van der Waals surface area contributed by atoms with Crippen LogP contribution >= 0.6 is 0 Å². The number of hydrogen-bond acceptors (Lipinski definition) is 4. The fourth-order valence-electron chi connectivity index (χ4n) is 1.42. The van der Waals surface area contributed by atoms with Gasteiger partial charge in [-0.1, -0.05) is 0 Å². The Bertz CT molecular complexity index is 583. The van der Waals surface area contributed by atoms with E-state index in [4.69, 9.17) is 10.2 Å². The standard InChI is InChI=1S/C9H6O5S/c10-5-1-2-6-7(9(11)12)4-15(13,14)8(6)3-5/h1-4,10H,(H,11,12). The van der Waals surface area contributed by atoms with Crippen molar-refractivity contribution in [1.29, 1.82) is 0 Å². The molecule has 0 bridgehead atoms. The van der Waals surface area contributed by atoms with Crippen LogP contribution in [0.5, 0.6) is 5.75 Å². The average Bonchev–Trinajstić information content (AvgIpc) is 2.39. The third kappa shape index (κ3) is 1.39. The van der Waals surface area contributed by atoms with Gasteiger partial charge in [-0.25, -0.2) is 13.2 Å². The molecule has 0 amide bonds. The first kappa shape index (κ1) is 9.72. The zero-order valence-corrected chi connectivity index (χ0v) is 8.15. The quantitative estimate of drug-likeness (QED) is 0.731. The van der Waals surface area contributed by atoms with Gasteiger partial charge in [0.25, 0.3) is 0 Å². The van der Waals surface area contributed by atoms with Crippen molar-refractivity contribution < 1.29 is 23.4 Å². The van der Waals surface area contributed by atoms with Gasteiger partial charge in [-0.15, -0.1) is 0 Å². The molecule has 15 heavy (non-hydrogen) atoms. The molecule has 1 aromatic carbocycles. The summed E-state index contributed by atoms with van der Waals surface area (Å²) in [5, 5.41) is 18.6. The molecule has 0 aromatic heterocycles. The molecule has 1 heterocycles. The molecule has 0 spiro atoms. The predicted octanol–water partition coefficient (Wildman–Crippen LogP) is 0.605. The number of phenolic OH excluding ortho intramolecular Hbond substituents is 1. The zero-order chi connectivity index (χ0) is 11.2. The van der Waals surface area contributed by atoms with Crippen LogP contribution < -0.4 is 0 Å². The second-order valence-electron chi connectivity index (χ2n) is 3.06. The Balaban J connectivity index is 2.79. The van der Waals surface area contributed by atoms with Crippen molar-refractivity contribution in [1.82, 2.24) is 0 Å². The minimum absolute atomic E-state index is 0.111. The molecule has 78 valence electrons. The maximum absolute atomic E-state index is 11.5. The maximum Gasteiger partial charge on any atom is 0.337 e. The molecular weight excluding hydrogens is 220 g/mol. The molecular formula is C9H6O5S. The lowest BCUT2D eigenvalue weighted by atomic mass is 10.1. The third-order valence-corrected chi connectivity index (χ3v) is 3.56. The number of carboxylic acids is 1. The zero-order valence-electron chi connectivity index (χ0n) is 7.34. The lowest BCUT2D eigenvalue weighted by Gasteiger charge is -2.00. The van der Waals surface area contributed by atoms with E-state index in [2.05, 4.69) is 0 Å². The summed E-state index contributed by atoms with van der Waals surface area (Å²) in [7, 11) is -3.73. The highest BCUT2D eigenvalue weighted by Crippen LogP contribution is 2.35. The summed E-state index contributed by atoms with van der Waals surface area (Å²) in [4.78, 5) is 10.6. The Hall–Kier alpha value is -1.82. The van der Waals surface area contributed by atoms with E-state index in [1.807, 2.05) is 0 Å². The lowest BCUT2D eigenvalue weighted by Crippen LogP contribution is -1.97. The smallest absolute Gasteiger partial charge is 0.337 e. The van der Waals surface area contributed by atoms with E-state index < -0.39 is 15.8 Å². The van der Waals surface area contributed by atoms with E-state index in [9.17, 15) is 13.2 Å². The Morgan fingerprint density at radius 3 is 2.53 bits per heavy atom. The summed E-state index contributed by atoms with van der Waals surface area (Å²) in [5.74, 6) is -1.51. The number of carboxylic acid groups (broad SMARTS) is 1. The Morgan fingerprint density at radius 1 is 1.27 bits per heavy atom. The van der Waals surface area contributed by atoms with Crippen LogP contribution in [0.25, 0.3) is 5.57 Å². The van der Waals surface area contributed by atoms with Crippen molar-refractivity contribution in [3.05, 3.63) is 29.2 Å². The number of aromatic hydroxyl groups is 1. The SMILES string of the molecule is O=C(O)C1=CS(=O)(=O)c2cc(O)ccc21. The van der Waals surface area contributed by atoms with E-state index in [1.165, 1.54) is 12.1 Å². The number of phenols is 1. The van der Waals surface area contributed by atoms with Gasteiger partial charge in [-0.2, -0.15) is 0 Å². The van der Waals surface area contributed by atoms with Gasteiger partial charge in [0.2, 0.25) is 9.84 Å². The monoisotopic (exact) mass is 226 g/mol. The molecule has 2 rings (SSSR count). The summed E-state index contributed by atoms with van der Waals surface area (Å²) < 4.78 is 22.9. The van der Waals surface area contributed by atoms with E-state index in [0.717, 1.165) is 6.07 Å². The van der Waals surface area contributed by atoms with Crippen LogP contribution in [0.15, 0.2) is 28.5 Å². The first-order valence-electron chi connectivity index (χ1n) is 3.95. The minimum Gasteiger partial charge on any atom is -0.508 e. The van der Waals surface area contributed by atoms with Gasteiger partial charge in [0.05, 0.1) is 15.9 Å². The molecule has 5 nitrogen and oxygen atoms in total. The van der Waals surface area contributed by atoms with Gasteiger partial charge < -0.3 is 10.2 Å². The molecule has 6 heteroatoms. The van der Waals surface area contributed by atoms with E-state index in [-0.39, 0.29) is 21.8 Å². The van der Waals surface area contributed by atoms with Crippen molar-refractivity contribution in [3.63, 3.8) is 0 Å². The first-order valence-corrected chi connectivity index (χ1v) is 5.50. The Kier molecular flexibility index (Phi) is 1.84. The van der Waals surface area contributed by atoms with Crippen molar-refractivity contribution in [2.75, 3.05) is 0 Å². The van der Waals surface area contributed by atoms with Gasteiger partial charge in [0.1, 0.15) is 5.75 Å². The minimum atomic E-state index is -3.73. The van der Waals surface area contributed by atoms with E-state index in [1.54, 1.807) is 0 Å². The molecule has 1 aliphatic rings. The molecule has 0 unspecified atom stereocenters. The Labute approximate surface area is 85.2 Å². The molecule has 0 aliphatic carbocycles. The van der Waals surface area contributed by atoms with Gasteiger partial charge in [-0.05, 0) is 18.2 Å². The first-order chi connectivity index (χ1) is 6.92. The van der Waals surface area contributed by atoms with Crippen LogP contribution in [0.4, 0.5) is 0 Å². The highest BCUT2D eigenvalue weighted by Gasteiger charge is 2.30. The summed E-state index contributed by atoms with van der Waals surface area (Å²) in [5.41, 5.74) is -0.162. The van der Waals surface area contributed by atoms with Crippen LogP contribution in [0.1, 0.15) is 5.56 Å². The normalized spacial score (nSPS) is 16.9. The van der Waals surface area contributed by atoms with Crippen molar-refractivity contribution >= 4 is 21.4 Å². The third-order valence-electron chi connectivity index (χ3n) is 2.07. The van der Waals surface area contributed by atoms with Crippen LogP contribution in [0.3, 0.4) is 0 Å². The molecule has 0 atom stereocenters. The van der Waals surface area contributed by atoms with Crippen molar-refractivity contribution in [2.24, 2.45) is 0 Å². The van der Waals surface area contributed by atoms with Crippen LogP contribution in [0, 0.1) is 0 Å². The number of fused-ring (bicyclic) bond motifs is 1. The summed E-state index contributed by atoms with van der Waals surface area (Å²) in [6.45, 7) is 0. The van der Waals surface area contributed by atoms with Gasteiger partial charge in [0, 0.05) is 5.56 Å². The van der Waals surface area contributed by atoms with Crippen LogP contribution in [0.2, 0.25) is 0 Å². The number of benzene rings is 1. The average molecular weight is 226 g/mol. The summed E-state index contributed by atoms with van der Waals surface area (Å²) >= 11 is 0. The molecule has 1 aliphatic heterocycles. The highest BCUT2D eigenvalue weighted by molar-refractivity contribution is 7.95. The van der Waals surface area contributed by atoms with E-state index >= 15 is 0 Å². The largest absolute Gasteiger partial charge is 0.508 e. The fraction of sp³-hybridized carbons (Fsp3) is 0. The lowest BCUT2D eigenvalue weighted by molar-refractivity contribution is -0.130. The molecule has 0 saturated heterocycles. The second kappa shape index (κ2) is 2.83. The number of carbonyl (C=O) groups is 1. The highest BCUT2D eigenvalue weighted by atomic mass is 32.2. The van der Waals surface area contributed by atoms with Crippen molar-refractivity contribution in [2.45, 2.75) is 4.90 Å². The Morgan fingerprint density at radius 2 is 1.93 bits per heavy atom. The van der Waals surface area contributed by atoms with Gasteiger partial charge in [0.15, 0.2) is 0 Å². The summed E-state index contributed by atoms with van der Waals surface area (Å²) in [6, 6.07) is 3.56. The van der Waals surface area contributed by atoms with Gasteiger partial charge in [-0.3, -0.25) is 0 Å². The van der Waals surface area contributed by atoms with Gasteiger partial charge >= 0.3 is 5.97 Å². The van der Waals surface area contributed by atoms with E-state index in [0.29, 0.717) is 5.41 Å². The number of hydrogen-bond donors (Lipinski definition) is 2.